The zero-order valence-corrected chi connectivity index (χ0v) is 13.2. The number of anilines is 1. The van der Waals surface area contributed by atoms with Crippen LogP contribution in [0, 0.1) is 0 Å². The highest BCUT2D eigenvalue weighted by molar-refractivity contribution is 9.10. The zero-order valence-electron chi connectivity index (χ0n) is 11.6. The molecule has 0 saturated carbocycles. The highest BCUT2D eigenvalue weighted by Gasteiger charge is 2.08. The molecule has 0 saturated heterocycles. The van der Waals surface area contributed by atoms with Crippen LogP contribution in [0.5, 0.6) is 0 Å². The summed E-state index contributed by atoms with van der Waals surface area (Å²) in [5.41, 5.74) is 1.49. The molecule has 1 N–H and O–H groups in total. The summed E-state index contributed by atoms with van der Waals surface area (Å²) < 4.78 is 3.74. The smallest absolute Gasteiger partial charge is 0.283 e. The van der Waals surface area contributed by atoms with Crippen LogP contribution < -0.4 is 10.9 Å². The first-order valence-corrected chi connectivity index (χ1v) is 7.39. The van der Waals surface area contributed by atoms with E-state index >= 15 is 0 Å². The fraction of sp³-hybridized carbons (Fsp3) is 0.462. The molecular formula is C13H18BrN5O. The van der Waals surface area contributed by atoms with Crippen LogP contribution >= 0.6 is 15.9 Å². The van der Waals surface area contributed by atoms with E-state index in [1.807, 2.05) is 19.3 Å². The van der Waals surface area contributed by atoms with Crippen LogP contribution in [0.15, 0.2) is 27.7 Å². The molecule has 0 atom stereocenters. The third kappa shape index (κ3) is 3.47. The quantitative estimate of drug-likeness (QED) is 0.875. The van der Waals surface area contributed by atoms with Gasteiger partial charge < -0.3 is 5.32 Å². The Bertz CT molecular complexity index is 634. The molecule has 0 spiro atoms. The van der Waals surface area contributed by atoms with Crippen LogP contribution in [0.25, 0.3) is 0 Å². The number of aromatic nitrogens is 4. The van der Waals surface area contributed by atoms with Crippen molar-refractivity contribution in [2.45, 2.75) is 32.9 Å². The average molecular weight is 340 g/mol. The van der Waals surface area contributed by atoms with Gasteiger partial charge in [0.1, 0.15) is 4.47 Å². The molecule has 2 aromatic heterocycles. The molecular weight excluding hydrogens is 322 g/mol. The van der Waals surface area contributed by atoms with Crippen molar-refractivity contribution in [3.8, 4) is 0 Å². The van der Waals surface area contributed by atoms with Crippen molar-refractivity contribution in [2.75, 3.05) is 5.32 Å². The lowest BCUT2D eigenvalue weighted by molar-refractivity contribution is 0.541. The normalized spacial score (nSPS) is 10.8. The van der Waals surface area contributed by atoms with E-state index in [1.54, 1.807) is 10.9 Å². The first-order chi connectivity index (χ1) is 9.61. The standard InChI is InChI=1S/C13H18BrN5O/c1-3-4-6-19-13(20)12(14)11(9-16-19)15-8-10-5-7-18(2)17-10/h5,7,9,15H,3-4,6,8H2,1-2H3. The fourth-order valence-electron chi connectivity index (χ4n) is 1.80. The SMILES string of the molecule is CCCCn1ncc(NCc2ccn(C)n2)c(Br)c1=O. The lowest BCUT2D eigenvalue weighted by atomic mass is 10.3. The van der Waals surface area contributed by atoms with Gasteiger partial charge in [-0.2, -0.15) is 10.2 Å². The monoisotopic (exact) mass is 339 g/mol. The topological polar surface area (TPSA) is 64.7 Å². The molecule has 0 fully saturated rings. The summed E-state index contributed by atoms with van der Waals surface area (Å²) in [6.45, 7) is 3.29. The van der Waals surface area contributed by atoms with E-state index in [0.717, 1.165) is 18.5 Å². The maximum Gasteiger partial charge on any atom is 0.283 e. The van der Waals surface area contributed by atoms with Crippen LogP contribution in [0.3, 0.4) is 0 Å². The minimum atomic E-state index is -0.107. The molecule has 108 valence electrons. The Morgan fingerprint density at radius 2 is 2.25 bits per heavy atom. The van der Waals surface area contributed by atoms with Crippen LogP contribution in [0.1, 0.15) is 25.5 Å². The predicted molar refractivity (Wildman–Crippen MR) is 81.6 cm³/mol. The van der Waals surface area contributed by atoms with Gasteiger partial charge in [0.15, 0.2) is 0 Å². The van der Waals surface area contributed by atoms with E-state index in [-0.39, 0.29) is 5.56 Å². The van der Waals surface area contributed by atoms with Crippen molar-refractivity contribution >= 4 is 21.6 Å². The van der Waals surface area contributed by atoms with E-state index in [1.165, 1.54) is 4.68 Å². The molecule has 0 radical (unpaired) electrons. The number of hydrogen-bond donors (Lipinski definition) is 1. The minimum Gasteiger partial charge on any atom is -0.377 e. The van der Waals surface area contributed by atoms with E-state index in [2.05, 4.69) is 38.4 Å². The molecule has 0 aliphatic carbocycles. The molecule has 0 amide bonds. The summed E-state index contributed by atoms with van der Waals surface area (Å²) in [5, 5.41) is 11.6. The lowest BCUT2D eigenvalue weighted by Crippen LogP contribution is -2.24. The van der Waals surface area contributed by atoms with Gasteiger partial charge in [-0.15, -0.1) is 0 Å². The fourth-order valence-corrected chi connectivity index (χ4v) is 2.25. The van der Waals surface area contributed by atoms with Gasteiger partial charge in [0.2, 0.25) is 0 Å². The molecule has 7 heteroatoms. The maximum absolute atomic E-state index is 12.1. The first-order valence-electron chi connectivity index (χ1n) is 6.60. The Morgan fingerprint density at radius 1 is 1.45 bits per heavy atom. The van der Waals surface area contributed by atoms with Crippen molar-refractivity contribution in [3.05, 3.63) is 39.0 Å². The first kappa shape index (κ1) is 14.8. The van der Waals surface area contributed by atoms with Crippen LogP contribution in [0.4, 0.5) is 5.69 Å². The highest BCUT2D eigenvalue weighted by atomic mass is 79.9. The lowest BCUT2D eigenvalue weighted by Gasteiger charge is -2.09. The summed E-state index contributed by atoms with van der Waals surface area (Å²) in [5.74, 6) is 0. The van der Waals surface area contributed by atoms with Crippen molar-refractivity contribution in [3.63, 3.8) is 0 Å². The van der Waals surface area contributed by atoms with E-state index in [9.17, 15) is 4.79 Å². The van der Waals surface area contributed by atoms with Crippen LogP contribution in [-0.2, 0) is 20.1 Å². The van der Waals surface area contributed by atoms with Gasteiger partial charge >= 0.3 is 0 Å². The van der Waals surface area contributed by atoms with Crippen LogP contribution in [0.2, 0.25) is 0 Å². The maximum atomic E-state index is 12.1. The summed E-state index contributed by atoms with van der Waals surface area (Å²) in [6.07, 6.45) is 5.53. The number of rotatable bonds is 6. The molecule has 20 heavy (non-hydrogen) atoms. The summed E-state index contributed by atoms with van der Waals surface area (Å²) in [7, 11) is 1.87. The molecule has 2 aromatic rings. The van der Waals surface area contributed by atoms with Crippen LogP contribution in [-0.4, -0.2) is 19.6 Å². The second kappa shape index (κ2) is 6.69. The third-order valence-electron chi connectivity index (χ3n) is 2.94. The molecule has 0 aliphatic rings. The number of nitrogens with zero attached hydrogens (tertiary/aromatic N) is 4. The Hall–Kier alpha value is -1.63. The summed E-state index contributed by atoms with van der Waals surface area (Å²) >= 11 is 3.34. The van der Waals surface area contributed by atoms with Gasteiger partial charge in [0, 0.05) is 19.8 Å². The Balaban J connectivity index is 2.09. The minimum absolute atomic E-state index is 0.107. The third-order valence-corrected chi connectivity index (χ3v) is 3.70. The number of unbranched alkanes of at least 4 members (excludes halogenated alkanes) is 1. The van der Waals surface area contributed by atoms with Crippen molar-refractivity contribution in [1.29, 1.82) is 0 Å². The molecule has 0 unspecified atom stereocenters. The number of nitrogens with one attached hydrogen (secondary N) is 1. The largest absolute Gasteiger partial charge is 0.377 e. The van der Waals surface area contributed by atoms with Gasteiger partial charge in [0.05, 0.1) is 24.1 Å². The van der Waals surface area contributed by atoms with Crippen molar-refractivity contribution < 1.29 is 0 Å². The molecule has 0 bridgehead atoms. The van der Waals surface area contributed by atoms with Crippen molar-refractivity contribution in [1.82, 2.24) is 19.6 Å². The number of aryl methyl sites for hydroxylation is 2. The molecule has 0 aliphatic heterocycles. The van der Waals surface area contributed by atoms with Gasteiger partial charge in [0.25, 0.3) is 5.56 Å². The Labute approximate surface area is 125 Å². The number of halogens is 1. The summed E-state index contributed by atoms with van der Waals surface area (Å²) in [6, 6.07) is 1.93. The second-order valence-corrected chi connectivity index (χ2v) is 5.38. The molecule has 6 nitrogen and oxygen atoms in total. The van der Waals surface area contributed by atoms with E-state index in [4.69, 9.17) is 0 Å². The van der Waals surface area contributed by atoms with Crippen molar-refractivity contribution in [2.24, 2.45) is 7.05 Å². The summed E-state index contributed by atoms with van der Waals surface area (Å²) in [4.78, 5) is 12.1. The number of hydrogen-bond acceptors (Lipinski definition) is 4. The molecule has 2 heterocycles. The highest BCUT2D eigenvalue weighted by Crippen LogP contribution is 2.17. The second-order valence-electron chi connectivity index (χ2n) is 4.59. The van der Waals surface area contributed by atoms with Gasteiger partial charge in [-0.1, -0.05) is 13.3 Å². The van der Waals surface area contributed by atoms with E-state index < -0.39 is 0 Å². The zero-order chi connectivity index (χ0) is 14.5. The average Bonchev–Trinajstić information content (AvgIpc) is 2.85. The van der Waals surface area contributed by atoms with Gasteiger partial charge in [-0.3, -0.25) is 9.48 Å². The van der Waals surface area contributed by atoms with Gasteiger partial charge in [-0.25, -0.2) is 4.68 Å². The van der Waals surface area contributed by atoms with Gasteiger partial charge in [-0.05, 0) is 28.4 Å². The molecule has 0 aromatic carbocycles. The molecule has 2 rings (SSSR count). The predicted octanol–water partition coefficient (Wildman–Crippen LogP) is 2.15. The Kier molecular flexibility index (Phi) is 4.94. The van der Waals surface area contributed by atoms with E-state index in [0.29, 0.717) is 23.2 Å². The Morgan fingerprint density at radius 3 is 2.90 bits per heavy atom.